The van der Waals surface area contributed by atoms with E-state index in [1.54, 1.807) is 18.4 Å². The van der Waals surface area contributed by atoms with E-state index in [1.165, 1.54) is 54.4 Å². The molecule has 4 rings (SSSR count). The Morgan fingerprint density at radius 2 is 1.98 bits per heavy atom. The Balaban J connectivity index is 1.70. The van der Waals surface area contributed by atoms with Crippen molar-refractivity contribution >= 4 is 43.0 Å². The first-order chi connectivity index (χ1) is 18.8. The zero-order valence-electron chi connectivity index (χ0n) is 22.7. The van der Waals surface area contributed by atoms with Crippen LogP contribution in [0.2, 0.25) is 0 Å². The van der Waals surface area contributed by atoms with Crippen LogP contribution in [0, 0.1) is 19.8 Å². The third-order valence-corrected chi connectivity index (χ3v) is 11.6. The number of carbonyl (C=O) groups is 1. The van der Waals surface area contributed by atoms with E-state index in [4.69, 9.17) is 9.26 Å². The van der Waals surface area contributed by atoms with Gasteiger partial charge < -0.3 is 19.3 Å². The molecule has 1 aliphatic heterocycles. The summed E-state index contributed by atoms with van der Waals surface area (Å²) in [7, 11) is -6.37. The lowest BCUT2D eigenvalue weighted by molar-refractivity contribution is 0.0387. The van der Waals surface area contributed by atoms with Crippen molar-refractivity contribution in [3.8, 4) is 5.75 Å². The quantitative estimate of drug-likeness (QED) is 0.370. The first-order valence-electron chi connectivity index (χ1n) is 12.4. The highest BCUT2D eigenvalue weighted by molar-refractivity contribution is 7.92. The van der Waals surface area contributed by atoms with E-state index in [2.05, 4.69) is 9.88 Å². The van der Waals surface area contributed by atoms with Gasteiger partial charge in [0.1, 0.15) is 21.8 Å². The highest BCUT2D eigenvalue weighted by atomic mass is 32.2. The zero-order valence-corrected chi connectivity index (χ0v) is 25.1. The van der Waals surface area contributed by atoms with Crippen molar-refractivity contribution < 1.29 is 36.0 Å². The van der Waals surface area contributed by atoms with Crippen molar-refractivity contribution in [2.75, 3.05) is 31.5 Å². The highest BCUT2D eigenvalue weighted by Gasteiger charge is 2.36. The van der Waals surface area contributed by atoms with Gasteiger partial charge in [0.05, 0.1) is 24.8 Å². The molecular formula is C25H32N4O8S3. The van der Waals surface area contributed by atoms with E-state index in [-0.39, 0.29) is 63.2 Å². The number of aromatic nitrogens is 1. The average Bonchev–Trinajstić information content (AvgIpc) is 3.56. The van der Waals surface area contributed by atoms with Gasteiger partial charge in [0.2, 0.25) is 0 Å². The van der Waals surface area contributed by atoms with E-state index in [0.29, 0.717) is 0 Å². The van der Waals surface area contributed by atoms with E-state index >= 15 is 0 Å². The number of likely N-dealkylation sites (N-methyl/N-ethyl adjacent to an activating group) is 1. The largest absolute Gasteiger partial charge is 0.488 e. The second kappa shape index (κ2) is 11.5. The Hall–Kier alpha value is -2.98. The van der Waals surface area contributed by atoms with Gasteiger partial charge in [-0.05, 0) is 50.4 Å². The molecule has 0 spiro atoms. The van der Waals surface area contributed by atoms with Gasteiger partial charge in [-0.15, -0.1) is 11.3 Å². The van der Waals surface area contributed by atoms with E-state index in [0.717, 1.165) is 11.3 Å². The van der Waals surface area contributed by atoms with Crippen molar-refractivity contribution in [2.24, 2.45) is 5.92 Å². The van der Waals surface area contributed by atoms with E-state index in [9.17, 15) is 26.7 Å². The maximum Gasteiger partial charge on any atom is 0.267 e. The predicted molar refractivity (Wildman–Crippen MR) is 149 cm³/mol. The van der Waals surface area contributed by atoms with Crippen LogP contribution in [0.5, 0.6) is 5.75 Å². The molecule has 3 aromatic rings. The second-order valence-electron chi connectivity index (χ2n) is 9.81. The van der Waals surface area contributed by atoms with Crippen LogP contribution in [0.25, 0.3) is 0 Å². The molecule has 0 saturated carbocycles. The SMILES string of the molecule is Cc1noc(C)c1S(=O)(=O)Nc1ccc2c(c1)C(=O)N([C@@H](C)CO)C[C@H](C)[C@@H](CN(C)S(=O)(=O)c1cccs1)O2. The minimum absolute atomic E-state index is 0.00317. The Kier molecular flexibility index (Phi) is 8.61. The van der Waals surface area contributed by atoms with Crippen LogP contribution in [-0.2, 0) is 20.0 Å². The van der Waals surface area contributed by atoms with E-state index in [1.807, 2.05) is 6.92 Å². The van der Waals surface area contributed by atoms with Gasteiger partial charge in [0, 0.05) is 25.2 Å². The minimum atomic E-state index is -4.08. The molecule has 0 unspecified atom stereocenters. The van der Waals surface area contributed by atoms with Crippen LogP contribution in [-0.4, -0.2) is 81.1 Å². The van der Waals surface area contributed by atoms with Gasteiger partial charge in [0.25, 0.3) is 26.0 Å². The number of fused-ring (bicyclic) bond motifs is 1. The van der Waals surface area contributed by atoms with Gasteiger partial charge in [-0.25, -0.2) is 16.8 Å². The van der Waals surface area contributed by atoms with Gasteiger partial charge in [-0.3, -0.25) is 9.52 Å². The molecule has 218 valence electrons. The molecule has 15 heteroatoms. The third kappa shape index (κ3) is 5.88. The number of amides is 1. The average molecular weight is 613 g/mol. The van der Waals surface area contributed by atoms with Crippen molar-refractivity contribution in [3.05, 3.63) is 52.7 Å². The molecule has 0 aliphatic carbocycles. The Bertz CT molecular complexity index is 1570. The van der Waals surface area contributed by atoms with Crippen LogP contribution in [0.15, 0.2) is 49.3 Å². The molecule has 1 aliphatic rings. The fraction of sp³-hybridized carbons (Fsp3) is 0.440. The zero-order chi connectivity index (χ0) is 29.4. The van der Waals surface area contributed by atoms with Crippen molar-refractivity contribution in [1.82, 2.24) is 14.4 Å². The Morgan fingerprint density at radius 3 is 2.58 bits per heavy atom. The number of benzene rings is 1. The number of aryl methyl sites for hydroxylation is 2. The summed E-state index contributed by atoms with van der Waals surface area (Å²) in [5, 5.41) is 15.3. The van der Waals surface area contributed by atoms with E-state index < -0.39 is 38.1 Å². The molecule has 2 N–H and O–H groups in total. The number of hydrogen-bond acceptors (Lipinski definition) is 10. The molecule has 0 bridgehead atoms. The summed E-state index contributed by atoms with van der Waals surface area (Å²) in [4.78, 5) is 15.1. The van der Waals surface area contributed by atoms with Crippen molar-refractivity contribution in [1.29, 1.82) is 0 Å². The van der Waals surface area contributed by atoms with Crippen LogP contribution < -0.4 is 9.46 Å². The lowest BCUT2D eigenvalue weighted by Crippen LogP contribution is -2.50. The molecule has 0 radical (unpaired) electrons. The third-order valence-electron chi connectivity index (χ3n) is 6.75. The molecule has 3 atom stereocenters. The number of hydrogen-bond donors (Lipinski definition) is 2. The topological polar surface area (TPSA) is 159 Å². The molecule has 0 saturated heterocycles. The summed E-state index contributed by atoms with van der Waals surface area (Å²) in [6.45, 7) is 6.40. The molecule has 12 nitrogen and oxygen atoms in total. The second-order valence-corrected chi connectivity index (χ2v) is 14.6. The highest BCUT2D eigenvalue weighted by Crippen LogP contribution is 2.32. The number of nitrogens with zero attached hydrogens (tertiary/aromatic N) is 3. The molecular weight excluding hydrogens is 580 g/mol. The van der Waals surface area contributed by atoms with Crippen LogP contribution in [0.3, 0.4) is 0 Å². The molecule has 2 aromatic heterocycles. The van der Waals surface area contributed by atoms with Crippen molar-refractivity contribution in [2.45, 2.75) is 48.9 Å². The van der Waals surface area contributed by atoms with Gasteiger partial charge in [-0.2, -0.15) is 4.31 Å². The van der Waals surface area contributed by atoms with Gasteiger partial charge in [0.15, 0.2) is 10.7 Å². The van der Waals surface area contributed by atoms with Crippen LogP contribution >= 0.6 is 11.3 Å². The minimum Gasteiger partial charge on any atom is -0.488 e. The van der Waals surface area contributed by atoms with Crippen LogP contribution in [0.1, 0.15) is 35.7 Å². The molecule has 1 aromatic carbocycles. The summed E-state index contributed by atoms with van der Waals surface area (Å²) in [5.41, 5.74) is 0.367. The lowest BCUT2D eigenvalue weighted by Gasteiger charge is -2.38. The fourth-order valence-electron chi connectivity index (χ4n) is 4.48. The normalized spacial score (nSPS) is 19.1. The Labute approximate surface area is 237 Å². The first-order valence-corrected chi connectivity index (χ1v) is 16.2. The first kappa shape index (κ1) is 30.0. The number of nitrogens with one attached hydrogen (secondary N) is 1. The number of thiophene rings is 1. The number of anilines is 1. The summed E-state index contributed by atoms with van der Waals surface area (Å²) in [5.74, 6) is -0.486. The maximum atomic E-state index is 13.7. The standard InChI is InChI=1S/C25H32N4O8S3/c1-15-12-29(16(2)14-30)25(31)20-11-19(27-39(32,33)24-17(3)26-37-18(24)4)8-9-21(20)36-22(15)13-28(5)40(34,35)23-7-6-10-38-23/h6-11,15-16,22,27,30H,12-14H2,1-5H3/t15-,16-,22+/m0/s1. The lowest BCUT2D eigenvalue weighted by atomic mass is 9.99. The molecule has 40 heavy (non-hydrogen) atoms. The van der Waals surface area contributed by atoms with Crippen LogP contribution in [0.4, 0.5) is 5.69 Å². The van der Waals surface area contributed by atoms with Crippen molar-refractivity contribution in [3.63, 3.8) is 0 Å². The Morgan fingerprint density at radius 1 is 1.25 bits per heavy atom. The maximum absolute atomic E-state index is 13.7. The molecule has 3 heterocycles. The number of carbonyl (C=O) groups excluding carboxylic acids is 1. The summed E-state index contributed by atoms with van der Waals surface area (Å²) < 4.78 is 67.4. The number of ether oxygens (including phenoxy) is 1. The number of rotatable bonds is 9. The molecule has 0 fully saturated rings. The smallest absolute Gasteiger partial charge is 0.267 e. The van der Waals surface area contributed by atoms with Gasteiger partial charge in [-0.1, -0.05) is 18.1 Å². The molecule has 1 amide bonds. The predicted octanol–water partition coefficient (Wildman–Crippen LogP) is 2.69. The van der Waals surface area contributed by atoms with Gasteiger partial charge >= 0.3 is 0 Å². The number of aliphatic hydroxyl groups excluding tert-OH is 1. The fourth-order valence-corrected chi connectivity index (χ4v) is 8.25. The number of sulfonamides is 2. The summed E-state index contributed by atoms with van der Waals surface area (Å²) in [6, 6.07) is 6.92. The summed E-state index contributed by atoms with van der Waals surface area (Å²) >= 11 is 1.11. The number of aliphatic hydroxyl groups is 1. The summed E-state index contributed by atoms with van der Waals surface area (Å²) in [6.07, 6.45) is -0.662. The monoisotopic (exact) mass is 612 g/mol.